The van der Waals surface area contributed by atoms with Crippen molar-refractivity contribution in [3.8, 4) is 11.5 Å². The Kier molecular flexibility index (Phi) is 4.40. The summed E-state index contributed by atoms with van der Waals surface area (Å²) < 4.78 is 11.0. The van der Waals surface area contributed by atoms with Crippen LogP contribution >= 0.6 is 0 Å². The lowest BCUT2D eigenvalue weighted by atomic mass is 10.0. The van der Waals surface area contributed by atoms with E-state index in [9.17, 15) is 4.79 Å². The highest BCUT2D eigenvalue weighted by Gasteiger charge is 2.24. The number of rotatable bonds is 6. The highest BCUT2D eigenvalue weighted by atomic mass is 16.7. The zero-order chi connectivity index (χ0) is 19.8. The molecule has 0 bridgehead atoms. The number of nitrogens with zero attached hydrogens (tertiary/aromatic N) is 3. The zero-order valence-corrected chi connectivity index (χ0v) is 15.8. The topological polar surface area (TPSA) is 103 Å². The second-order valence-electron chi connectivity index (χ2n) is 7.25. The fraction of sp³-hybridized carbons (Fsp3) is 0.286. The molecule has 1 atom stereocenters. The molecule has 2 aliphatic heterocycles. The van der Waals surface area contributed by atoms with E-state index >= 15 is 0 Å². The normalized spacial score (nSPS) is 16.4. The number of fused-ring (bicyclic) bond motifs is 2. The first kappa shape index (κ1) is 17.7. The van der Waals surface area contributed by atoms with Gasteiger partial charge < -0.3 is 25.4 Å². The molecular formula is C21H21N5O3. The van der Waals surface area contributed by atoms with E-state index in [-0.39, 0.29) is 12.8 Å². The smallest absolute Gasteiger partial charge is 0.250 e. The maximum Gasteiger partial charge on any atom is 0.250 e. The molecular weight excluding hydrogens is 370 g/mol. The minimum atomic E-state index is -0.506. The number of para-hydroxylation sites is 1. The number of ether oxygens (including phenoxy) is 2. The van der Waals surface area contributed by atoms with Gasteiger partial charge in [0.15, 0.2) is 11.5 Å². The molecule has 148 valence electrons. The first-order valence-corrected chi connectivity index (χ1v) is 9.61. The third kappa shape index (κ3) is 3.31. The fourth-order valence-electron chi connectivity index (χ4n) is 3.75. The van der Waals surface area contributed by atoms with E-state index in [0.29, 0.717) is 16.9 Å². The minimum Gasteiger partial charge on any atom is -0.454 e. The summed E-state index contributed by atoms with van der Waals surface area (Å²) in [6.45, 7) is 3.24. The van der Waals surface area contributed by atoms with Gasteiger partial charge in [0.05, 0.1) is 17.1 Å². The Morgan fingerprint density at radius 1 is 1.17 bits per heavy atom. The van der Waals surface area contributed by atoms with Crippen molar-refractivity contribution in [2.45, 2.75) is 12.5 Å². The molecule has 0 aliphatic carbocycles. The van der Waals surface area contributed by atoms with Crippen LogP contribution < -0.4 is 20.5 Å². The SMILES string of the molecule is NC(=O)c1cccc2c(N[C@H](CN3CCC3)c3ccc4c(c3)OCO4)ncnc12. The summed E-state index contributed by atoms with van der Waals surface area (Å²) in [5.74, 6) is 1.67. The summed E-state index contributed by atoms with van der Waals surface area (Å²) in [7, 11) is 0. The molecule has 3 heterocycles. The van der Waals surface area contributed by atoms with Crippen LogP contribution in [-0.2, 0) is 0 Å². The van der Waals surface area contributed by atoms with Gasteiger partial charge in [-0.15, -0.1) is 0 Å². The largest absolute Gasteiger partial charge is 0.454 e. The number of amides is 1. The Hall–Kier alpha value is -3.39. The number of benzene rings is 2. The number of anilines is 1. The van der Waals surface area contributed by atoms with Gasteiger partial charge in [-0.3, -0.25) is 4.79 Å². The van der Waals surface area contributed by atoms with Crippen molar-refractivity contribution < 1.29 is 14.3 Å². The lowest BCUT2D eigenvalue weighted by Gasteiger charge is -2.35. The van der Waals surface area contributed by atoms with Gasteiger partial charge in [0.2, 0.25) is 6.79 Å². The number of likely N-dealkylation sites (tertiary alicyclic amines) is 1. The second-order valence-corrected chi connectivity index (χ2v) is 7.25. The van der Waals surface area contributed by atoms with Crippen molar-refractivity contribution in [2.75, 3.05) is 31.7 Å². The van der Waals surface area contributed by atoms with Crippen LogP contribution in [0.2, 0.25) is 0 Å². The Bertz CT molecular complexity index is 1080. The van der Waals surface area contributed by atoms with E-state index in [0.717, 1.165) is 42.1 Å². The summed E-state index contributed by atoms with van der Waals surface area (Å²) in [6, 6.07) is 11.3. The molecule has 1 aromatic heterocycles. The predicted octanol–water partition coefficient (Wildman–Crippen LogP) is 2.32. The first-order chi connectivity index (χ1) is 14.2. The summed E-state index contributed by atoms with van der Waals surface area (Å²) in [5, 5.41) is 4.32. The highest BCUT2D eigenvalue weighted by Crippen LogP contribution is 2.36. The fourth-order valence-corrected chi connectivity index (χ4v) is 3.75. The monoisotopic (exact) mass is 391 g/mol. The third-order valence-corrected chi connectivity index (χ3v) is 5.43. The number of carbonyl (C=O) groups is 1. The van der Waals surface area contributed by atoms with Gasteiger partial charge in [-0.1, -0.05) is 12.1 Å². The molecule has 5 rings (SSSR count). The van der Waals surface area contributed by atoms with Crippen LogP contribution in [0.3, 0.4) is 0 Å². The van der Waals surface area contributed by atoms with E-state index in [1.807, 2.05) is 24.3 Å². The van der Waals surface area contributed by atoms with Crippen LogP contribution in [0.1, 0.15) is 28.4 Å². The molecule has 0 radical (unpaired) electrons. The molecule has 0 spiro atoms. The van der Waals surface area contributed by atoms with E-state index < -0.39 is 5.91 Å². The summed E-state index contributed by atoms with van der Waals surface area (Å²) >= 11 is 0. The van der Waals surface area contributed by atoms with E-state index in [1.165, 1.54) is 12.7 Å². The molecule has 2 aliphatic rings. The quantitative estimate of drug-likeness (QED) is 0.665. The van der Waals surface area contributed by atoms with Crippen LogP contribution in [0.25, 0.3) is 10.9 Å². The molecule has 3 aromatic rings. The summed E-state index contributed by atoms with van der Waals surface area (Å²) in [6.07, 6.45) is 2.67. The van der Waals surface area contributed by atoms with E-state index in [1.54, 1.807) is 12.1 Å². The zero-order valence-electron chi connectivity index (χ0n) is 15.8. The molecule has 0 saturated carbocycles. The Labute approximate surface area is 167 Å². The van der Waals surface area contributed by atoms with E-state index in [4.69, 9.17) is 15.2 Å². The van der Waals surface area contributed by atoms with Gasteiger partial charge in [0.25, 0.3) is 5.91 Å². The Balaban J connectivity index is 1.52. The average molecular weight is 391 g/mol. The minimum absolute atomic E-state index is 0.0138. The van der Waals surface area contributed by atoms with Crippen molar-refractivity contribution in [1.29, 1.82) is 0 Å². The highest BCUT2D eigenvalue weighted by molar-refractivity contribution is 6.06. The van der Waals surface area contributed by atoms with Crippen LogP contribution in [0.5, 0.6) is 11.5 Å². The third-order valence-electron chi connectivity index (χ3n) is 5.43. The van der Waals surface area contributed by atoms with Crippen molar-refractivity contribution >= 4 is 22.6 Å². The van der Waals surface area contributed by atoms with Crippen LogP contribution in [0.15, 0.2) is 42.7 Å². The van der Waals surface area contributed by atoms with E-state index in [2.05, 4.69) is 20.2 Å². The van der Waals surface area contributed by atoms with Crippen molar-refractivity contribution in [1.82, 2.24) is 14.9 Å². The molecule has 8 heteroatoms. The number of nitrogens with two attached hydrogens (primary N) is 1. The van der Waals surface area contributed by atoms with Gasteiger partial charge in [-0.05, 0) is 49.3 Å². The maximum atomic E-state index is 11.8. The van der Waals surface area contributed by atoms with Gasteiger partial charge in [0.1, 0.15) is 12.1 Å². The van der Waals surface area contributed by atoms with Gasteiger partial charge >= 0.3 is 0 Å². The van der Waals surface area contributed by atoms with Crippen molar-refractivity contribution in [3.63, 3.8) is 0 Å². The van der Waals surface area contributed by atoms with Crippen LogP contribution in [-0.4, -0.2) is 47.2 Å². The lowest BCUT2D eigenvalue weighted by molar-refractivity contribution is 0.100. The summed E-state index contributed by atoms with van der Waals surface area (Å²) in [4.78, 5) is 22.9. The molecule has 3 N–H and O–H groups in total. The van der Waals surface area contributed by atoms with Crippen LogP contribution in [0.4, 0.5) is 5.82 Å². The van der Waals surface area contributed by atoms with Gasteiger partial charge in [-0.25, -0.2) is 9.97 Å². The maximum absolute atomic E-state index is 11.8. The van der Waals surface area contributed by atoms with Crippen molar-refractivity contribution in [2.24, 2.45) is 5.73 Å². The molecule has 1 fully saturated rings. The number of nitrogens with one attached hydrogen (secondary N) is 1. The lowest BCUT2D eigenvalue weighted by Crippen LogP contribution is -2.41. The molecule has 2 aromatic carbocycles. The number of aromatic nitrogens is 2. The van der Waals surface area contributed by atoms with Gasteiger partial charge in [-0.2, -0.15) is 0 Å². The van der Waals surface area contributed by atoms with Gasteiger partial charge in [0, 0.05) is 11.9 Å². The Morgan fingerprint density at radius 2 is 2.03 bits per heavy atom. The summed E-state index contributed by atoms with van der Waals surface area (Å²) in [5.41, 5.74) is 7.53. The number of primary amides is 1. The second kappa shape index (κ2) is 7.21. The Morgan fingerprint density at radius 3 is 2.83 bits per heavy atom. The average Bonchev–Trinajstić information content (AvgIpc) is 3.17. The molecule has 1 saturated heterocycles. The number of hydrogen-bond acceptors (Lipinski definition) is 7. The molecule has 0 unspecified atom stereocenters. The molecule has 8 nitrogen and oxygen atoms in total. The first-order valence-electron chi connectivity index (χ1n) is 9.61. The van der Waals surface area contributed by atoms with Crippen LogP contribution in [0, 0.1) is 0 Å². The van der Waals surface area contributed by atoms with Crippen molar-refractivity contribution in [3.05, 3.63) is 53.9 Å². The standard InChI is InChI=1S/C21H21N5O3/c22-20(27)14-3-1-4-15-19(14)23-11-24-21(15)25-16(10-26-7-2-8-26)13-5-6-17-18(9-13)29-12-28-17/h1,3-6,9,11,16H,2,7-8,10,12H2,(H2,22,27)(H,23,24,25)/t16-/m1/s1. The molecule has 1 amide bonds. The number of carbonyl (C=O) groups excluding carboxylic acids is 1. The number of hydrogen-bond donors (Lipinski definition) is 2. The predicted molar refractivity (Wildman–Crippen MR) is 108 cm³/mol. The molecule has 29 heavy (non-hydrogen) atoms.